The minimum Gasteiger partial charge on any atom is -0.387 e. The maximum absolute atomic E-state index is 12.6. The number of nitrogens with zero attached hydrogens (tertiary/aromatic N) is 1. The van der Waals surface area contributed by atoms with Gasteiger partial charge in [0.2, 0.25) is 5.91 Å². The number of hydrogen-bond donors (Lipinski definition) is 2. The normalized spacial score (nSPS) is 43.5. The van der Waals surface area contributed by atoms with Gasteiger partial charge in [-0.25, -0.2) is 0 Å². The summed E-state index contributed by atoms with van der Waals surface area (Å²) in [6.07, 6.45) is 7.07. The van der Waals surface area contributed by atoms with Gasteiger partial charge in [-0.05, 0) is 55.3 Å². The fourth-order valence-corrected chi connectivity index (χ4v) is 6.84. The first kappa shape index (κ1) is 17.2. The van der Waals surface area contributed by atoms with Gasteiger partial charge >= 0.3 is 0 Å². The monoisotopic (exact) mass is 323 g/mol. The second kappa shape index (κ2) is 5.19. The molecule has 4 bridgehead atoms. The minimum atomic E-state index is -0.560. The zero-order chi connectivity index (χ0) is 17.1. The van der Waals surface area contributed by atoms with Crippen LogP contribution in [0.4, 0.5) is 0 Å². The highest BCUT2D eigenvalue weighted by Crippen LogP contribution is 2.66. The Hall–Kier alpha value is -0.610. The molecule has 0 radical (unpaired) electrons. The first-order chi connectivity index (χ1) is 10.4. The molecule has 1 amide bonds. The molecule has 0 saturated heterocycles. The van der Waals surface area contributed by atoms with E-state index in [0.717, 1.165) is 25.2 Å². The lowest BCUT2D eigenvalue weighted by Crippen LogP contribution is -2.65. The number of amides is 1. The van der Waals surface area contributed by atoms with Gasteiger partial charge in [0.1, 0.15) is 12.6 Å². The lowest BCUT2D eigenvalue weighted by molar-refractivity contribution is -0.873. The maximum atomic E-state index is 12.6. The van der Waals surface area contributed by atoms with Crippen LogP contribution in [-0.2, 0) is 4.79 Å². The lowest BCUT2D eigenvalue weighted by atomic mass is 9.43. The lowest BCUT2D eigenvalue weighted by Gasteiger charge is -2.65. The number of quaternary nitrogens is 1. The zero-order valence-electron chi connectivity index (χ0n) is 15.6. The smallest absolute Gasteiger partial charge is 0.223 e. The number of aliphatic hydroxyl groups excluding tert-OH is 1. The molecule has 4 fully saturated rings. The highest BCUT2D eigenvalue weighted by Gasteiger charge is 2.60. The predicted molar refractivity (Wildman–Crippen MR) is 91.8 cm³/mol. The SMILES string of the molecule is CC12CC3CC(C)(C1)CC(NC(=O)C[C@H](O)C[N+](C)(C)C)(C3)C2. The van der Waals surface area contributed by atoms with Crippen molar-refractivity contribution in [2.45, 2.75) is 70.4 Å². The van der Waals surface area contributed by atoms with Gasteiger partial charge in [0.15, 0.2) is 0 Å². The van der Waals surface area contributed by atoms with E-state index in [2.05, 4.69) is 19.2 Å². The third kappa shape index (κ3) is 3.74. The number of likely N-dealkylation sites (N-methyl/N-ethyl adjacent to an activating group) is 1. The van der Waals surface area contributed by atoms with Crippen molar-refractivity contribution in [3.05, 3.63) is 0 Å². The molecule has 4 rings (SSSR count). The van der Waals surface area contributed by atoms with Crippen LogP contribution in [-0.4, -0.2) is 54.8 Å². The standard InChI is InChI=1S/C19H34N2O2/c1-17-7-14-8-18(2,11-17)13-19(9-14,12-17)20-16(23)6-15(22)10-21(3,4)5/h14-15,22H,6-13H2,1-5H3/p+1/t14?,15-,17?,18?,19?/m0/s1. The first-order valence-electron chi connectivity index (χ1n) is 9.20. The Balaban J connectivity index is 1.64. The average Bonchev–Trinajstić information content (AvgIpc) is 2.17. The third-order valence-electron chi connectivity index (χ3n) is 6.21. The molecule has 4 saturated carbocycles. The number of carbonyl (C=O) groups is 1. The molecule has 2 unspecified atom stereocenters. The van der Waals surface area contributed by atoms with Crippen molar-refractivity contribution in [2.75, 3.05) is 27.7 Å². The summed E-state index contributed by atoms with van der Waals surface area (Å²) in [6, 6.07) is 0. The van der Waals surface area contributed by atoms with Gasteiger partial charge in [0.05, 0.1) is 27.6 Å². The molecule has 4 aliphatic carbocycles. The minimum absolute atomic E-state index is 0.00366. The summed E-state index contributed by atoms with van der Waals surface area (Å²) >= 11 is 0. The second-order valence-corrected chi connectivity index (χ2v) is 10.8. The summed E-state index contributed by atoms with van der Waals surface area (Å²) in [5.74, 6) is 0.817. The highest BCUT2D eigenvalue weighted by atomic mass is 16.3. The summed E-state index contributed by atoms with van der Waals surface area (Å²) in [5.41, 5.74) is 0.807. The van der Waals surface area contributed by atoms with Gasteiger partial charge in [-0.1, -0.05) is 13.8 Å². The summed E-state index contributed by atoms with van der Waals surface area (Å²) in [6.45, 7) is 5.45. The van der Waals surface area contributed by atoms with Gasteiger partial charge in [0, 0.05) is 5.54 Å². The Bertz CT molecular complexity index is 478. The molecule has 0 spiro atoms. The molecule has 0 aromatic rings. The molecule has 2 N–H and O–H groups in total. The van der Waals surface area contributed by atoms with Crippen molar-refractivity contribution in [3.63, 3.8) is 0 Å². The Morgan fingerprint density at radius 2 is 1.70 bits per heavy atom. The quantitative estimate of drug-likeness (QED) is 0.763. The zero-order valence-corrected chi connectivity index (χ0v) is 15.6. The fraction of sp³-hybridized carbons (Fsp3) is 0.947. The van der Waals surface area contributed by atoms with Crippen molar-refractivity contribution >= 4 is 5.91 Å². The van der Waals surface area contributed by atoms with E-state index in [1.807, 2.05) is 21.1 Å². The number of nitrogens with one attached hydrogen (secondary N) is 1. The number of rotatable bonds is 5. The van der Waals surface area contributed by atoms with Crippen LogP contribution < -0.4 is 5.32 Å². The van der Waals surface area contributed by atoms with E-state index >= 15 is 0 Å². The molecule has 4 heteroatoms. The Labute approximate surface area is 141 Å². The van der Waals surface area contributed by atoms with Gasteiger partial charge < -0.3 is 14.9 Å². The molecule has 0 heterocycles. The number of carbonyl (C=O) groups excluding carboxylic acids is 1. The van der Waals surface area contributed by atoms with Crippen molar-refractivity contribution in [1.82, 2.24) is 5.32 Å². The van der Waals surface area contributed by atoms with E-state index in [0.29, 0.717) is 21.9 Å². The highest BCUT2D eigenvalue weighted by molar-refractivity contribution is 5.77. The molecule has 23 heavy (non-hydrogen) atoms. The van der Waals surface area contributed by atoms with E-state index in [-0.39, 0.29) is 17.9 Å². The van der Waals surface area contributed by atoms with Crippen LogP contribution >= 0.6 is 0 Å². The van der Waals surface area contributed by atoms with Crippen LogP contribution in [0.15, 0.2) is 0 Å². The summed E-state index contributed by atoms with van der Waals surface area (Å²) in [7, 11) is 6.13. The molecular formula is C19H35N2O2+. The molecule has 0 aliphatic heterocycles. The second-order valence-electron chi connectivity index (χ2n) is 10.8. The van der Waals surface area contributed by atoms with Gasteiger partial charge in [0.25, 0.3) is 0 Å². The summed E-state index contributed by atoms with van der Waals surface area (Å²) in [4.78, 5) is 12.6. The largest absolute Gasteiger partial charge is 0.387 e. The van der Waals surface area contributed by atoms with E-state index in [1.54, 1.807) is 0 Å². The Morgan fingerprint density at radius 1 is 1.13 bits per heavy atom. The van der Waals surface area contributed by atoms with Crippen molar-refractivity contribution in [2.24, 2.45) is 16.7 Å². The van der Waals surface area contributed by atoms with Gasteiger partial charge in [-0.3, -0.25) is 4.79 Å². The number of hydrogen-bond acceptors (Lipinski definition) is 2. The molecule has 4 nitrogen and oxygen atoms in total. The van der Waals surface area contributed by atoms with Crippen LogP contribution in [0.3, 0.4) is 0 Å². The summed E-state index contributed by atoms with van der Waals surface area (Å²) < 4.78 is 0.678. The van der Waals surface area contributed by atoms with E-state index in [1.165, 1.54) is 19.3 Å². The van der Waals surface area contributed by atoms with Crippen LogP contribution in [0.2, 0.25) is 0 Å². The number of aliphatic hydroxyl groups is 1. The van der Waals surface area contributed by atoms with Gasteiger partial charge in [-0.2, -0.15) is 0 Å². The average molecular weight is 324 g/mol. The maximum Gasteiger partial charge on any atom is 0.223 e. The molecule has 0 aromatic heterocycles. The summed E-state index contributed by atoms with van der Waals surface area (Å²) in [5, 5.41) is 13.6. The molecule has 132 valence electrons. The Kier molecular flexibility index (Phi) is 3.89. The third-order valence-corrected chi connectivity index (χ3v) is 6.21. The molecule has 3 atom stereocenters. The van der Waals surface area contributed by atoms with Crippen molar-refractivity contribution < 1.29 is 14.4 Å². The van der Waals surface area contributed by atoms with Crippen molar-refractivity contribution in [3.8, 4) is 0 Å². The van der Waals surface area contributed by atoms with Gasteiger partial charge in [-0.15, -0.1) is 0 Å². The van der Waals surface area contributed by atoms with E-state index in [9.17, 15) is 9.90 Å². The van der Waals surface area contributed by atoms with Crippen LogP contribution in [0.1, 0.15) is 58.8 Å². The topological polar surface area (TPSA) is 49.3 Å². The van der Waals surface area contributed by atoms with E-state index in [4.69, 9.17) is 0 Å². The first-order valence-corrected chi connectivity index (χ1v) is 9.20. The van der Waals surface area contributed by atoms with Crippen LogP contribution in [0.25, 0.3) is 0 Å². The van der Waals surface area contributed by atoms with E-state index < -0.39 is 6.10 Å². The van der Waals surface area contributed by atoms with Crippen LogP contribution in [0, 0.1) is 16.7 Å². The predicted octanol–water partition coefficient (Wildman–Crippen LogP) is 2.31. The van der Waals surface area contributed by atoms with Crippen LogP contribution in [0.5, 0.6) is 0 Å². The molecule has 0 aromatic carbocycles. The molecule has 4 aliphatic rings. The molecular weight excluding hydrogens is 288 g/mol. The fourth-order valence-electron chi connectivity index (χ4n) is 6.84. The van der Waals surface area contributed by atoms with Crippen molar-refractivity contribution in [1.29, 1.82) is 0 Å². The Morgan fingerprint density at radius 3 is 2.17 bits per heavy atom.